The number of rotatable bonds is 7. The molecule has 1 aromatic rings. The van der Waals surface area contributed by atoms with Crippen molar-refractivity contribution >= 4 is 21.6 Å². The molecule has 0 aliphatic rings. The number of pyridine rings is 1. The van der Waals surface area contributed by atoms with Crippen molar-refractivity contribution in [2.45, 2.75) is 26.3 Å². The molecule has 0 saturated heterocycles. The minimum absolute atomic E-state index is 0.170. The third-order valence-electron chi connectivity index (χ3n) is 2.58. The van der Waals surface area contributed by atoms with E-state index in [2.05, 4.69) is 21.2 Å². The number of hydrogen-bond donors (Lipinski definition) is 3. The number of anilines is 1. The molecule has 1 heterocycles. The fraction of sp³-hybridized carbons (Fsp3) is 0.500. The molecule has 112 valence electrons. The topological polar surface area (TPSA) is 100 Å². The third kappa shape index (κ3) is 5.98. The average Bonchev–Trinajstić information content (AvgIpc) is 2.41. The van der Waals surface area contributed by atoms with E-state index in [1.54, 1.807) is 6.07 Å². The zero-order valence-electron chi connectivity index (χ0n) is 11.8. The second-order valence-electron chi connectivity index (χ2n) is 4.58. The van der Waals surface area contributed by atoms with Gasteiger partial charge < -0.3 is 5.32 Å². The van der Waals surface area contributed by atoms with Crippen LogP contribution in [0.3, 0.4) is 0 Å². The van der Waals surface area contributed by atoms with E-state index in [9.17, 15) is 13.2 Å². The van der Waals surface area contributed by atoms with Crippen LogP contribution in [-0.2, 0) is 9.84 Å². The number of amides is 1. The number of carbonyl (C=O) groups excluding carboxylic acids is 1. The minimum atomic E-state index is -3.14. The summed E-state index contributed by atoms with van der Waals surface area (Å²) in [5, 5.41) is 2.66. The van der Waals surface area contributed by atoms with Crippen LogP contribution in [0.25, 0.3) is 0 Å². The lowest BCUT2D eigenvalue weighted by atomic mass is 10.2. The Labute approximate surface area is 119 Å². The van der Waals surface area contributed by atoms with Gasteiger partial charge in [-0.05, 0) is 25.5 Å². The molecule has 0 aliphatic carbocycles. The largest absolute Gasteiger partial charge is 0.356 e. The summed E-state index contributed by atoms with van der Waals surface area (Å²) < 4.78 is 22.1. The molecule has 20 heavy (non-hydrogen) atoms. The Bertz CT molecular complexity index is 560. The van der Waals surface area contributed by atoms with E-state index in [1.165, 1.54) is 12.3 Å². The van der Waals surface area contributed by atoms with Crippen LogP contribution in [-0.4, -0.2) is 37.5 Å². The lowest BCUT2D eigenvalue weighted by molar-refractivity contribution is 0.0926. The Morgan fingerprint density at radius 3 is 2.75 bits per heavy atom. The van der Waals surface area contributed by atoms with E-state index in [0.29, 0.717) is 11.4 Å². The van der Waals surface area contributed by atoms with Gasteiger partial charge in [-0.1, -0.05) is 6.92 Å². The van der Waals surface area contributed by atoms with Crippen molar-refractivity contribution in [2.75, 3.05) is 17.4 Å². The van der Waals surface area contributed by atoms with Gasteiger partial charge in [0.05, 0.1) is 0 Å². The first-order chi connectivity index (χ1) is 9.31. The van der Waals surface area contributed by atoms with Crippen molar-refractivity contribution < 1.29 is 13.2 Å². The molecule has 0 radical (unpaired) electrons. The summed E-state index contributed by atoms with van der Waals surface area (Å²) in [5.74, 6) is -0.183. The molecule has 0 aromatic carbocycles. The Hall–Kier alpha value is -1.67. The summed E-state index contributed by atoms with van der Waals surface area (Å²) in [7, 11) is -3.14. The van der Waals surface area contributed by atoms with E-state index in [4.69, 9.17) is 0 Å². The summed E-state index contributed by atoms with van der Waals surface area (Å²) >= 11 is 0. The van der Waals surface area contributed by atoms with Crippen LogP contribution in [0, 0.1) is 0 Å². The van der Waals surface area contributed by atoms with Gasteiger partial charge in [0.1, 0.15) is 11.7 Å². The van der Waals surface area contributed by atoms with E-state index in [1.807, 2.05) is 13.8 Å². The first kappa shape index (κ1) is 16.4. The van der Waals surface area contributed by atoms with Gasteiger partial charge in [-0.15, -0.1) is 0 Å². The first-order valence-corrected chi connectivity index (χ1v) is 8.31. The second-order valence-corrected chi connectivity index (χ2v) is 6.72. The first-order valence-electron chi connectivity index (χ1n) is 6.25. The number of aromatic nitrogens is 1. The quantitative estimate of drug-likeness (QED) is 0.635. The maximum absolute atomic E-state index is 11.9. The van der Waals surface area contributed by atoms with Gasteiger partial charge >= 0.3 is 0 Å². The van der Waals surface area contributed by atoms with Crippen LogP contribution < -0.4 is 16.2 Å². The predicted octanol–water partition coefficient (Wildman–Crippen LogP) is 0.529. The monoisotopic (exact) mass is 300 g/mol. The van der Waals surface area contributed by atoms with E-state index in [0.717, 1.165) is 12.7 Å². The number of carbonyl (C=O) groups is 1. The molecular weight excluding hydrogens is 280 g/mol. The van der Waals surface area contributed by atoms with E-state index >= 15 is 0 Å². The van der Waals surface area contributed by atoms with Crippen LogP contribution in [0.4, 0.5) is 5.82 Å². The van der Waals surface area contributed by atoms with E-state index < -0.39 is 9.84 Å². The predicted molar refractivity (Wildman–Crippen MR) is 77.9 cm³/mol. The molecule has 8 heteroatoms. The molecule has 1 unspecified atom stereocenters. The summed E-state index contributed by atoms with van der Waals surface area (Å²) in [5.41, 5.74) is 5.85. The molecule has 0 fully saturated rings. The van der Waals surface area contributed by atoms with Crippen molar-refractivity contribution in [1.82, 2.24) is 15.8 Å². The van der Waals surface area contributed by atoms with Gasteiger partial charge in [-0.25, -0.2) is 18.8 Å². The lowest BCUT2D eigenvalue weighted by Gasteiger charge is -2.13. The molecule has 7 nitrogen and oxygen atoms in total. The van der Waals surface area contributed by atoms with Gasteiger partial charge in [-0.2, -0.15) is 0 Å². The zero-order valence-corrected chi connectivity index (χ0v) is 12.6. The van der Waals surface area contributed by atoms with Crippen molar-refractivity contribution in [2.24, 2.45) is 0 Å². The fourth-order valence-corrected chi connectivity index (χ4v) is 1.65. The van der Waals surface area contributed by atoms with Crippen molar-refractivity contribution in [3.05, 3.63) is 23.9 Å². The van der Waals surface area contributed by atoms with Crippen LogP contribution in [0.1, 0.15) is 30.6 Å². The van der Waals surface area contributed by atoms with Crippen LogP contribution in [0.15, 0.2) is 18.3 Å². The minimum Gasteiger partial charge on any atom is -0.356 e. The van der Waals surface area contributed by atoms with Gasteiger partial charge in [0.15, 0.2) is 9.84 Å². The highest BCUT2D eigenvalue weighted by Crippen LogP contribution is 2.06. The Morgan fingerprint density at radius 2 is 2.15 bits per heavy atom. The standard InChI is InChI=1S/C12H20N4O3S/c1-4-9(2)15-16-12(17)10-5-6-13-11(7-10)14-8-20(3,18)19/h5-7,9,15H,4,8H2,1-3H3,(H,13,14)(H,16,17). The molecule has 1 aromatic heterocycles. The van der Waals surface area contributed by atoms with Crippen LogP contribution in [0.5, 0.6) is 0 Å². The number of nitrogens with zero attached hydrogens (tertiary/aromatic N) is 1. The average molecular weight is 300 g/mol. The Morgan fingerprint density at radius 1 is 1.45 bits per heavy atom. The maximum atomic E-state index is 11.9. The Balaban J connectivity index is 2.65. The highest BCUT2D eigenvalue weighted by atomic mass is 32.2. The maximum Gasteiger partial charge on any atom is 0.265 e. The number of nitrogens with one attached hydrogen (secondary N) is 3. The third-order valence-corrected chi connectivity index (χ3v) is 3.25. The van der Waals surface area contributed by atoms with Crippen LogP contribution in [0.2, 0.25) is 0 Å². The molecular formula is C12H20N4O3S. The van der Waals surface area contributed by atoms with E-state index in [-0.39, 0.29) is 17.8 Å². The molecule has 1 amide bonds. The van der Waals surface area contributed by atoms with Crippen LogP contribution >= 0.6 is 0 Å². The fourth-order valence-electron chi connectivity index (χ4n) is 1.24. The second kappa shape index (κ2) is 7.20. The summed E-state index contributed by atoms with van der Waals surface area (Å²) in [4.78, 5) is 15.8. The van der Waals surface area contributed by atoms with Crippen molar-refractivity contribution in [3.63, 3.8) is 0 Å². The smallest absolute Gasteiger partial charge is 0.265 e. The van der Waals surface area contributed by atoms with Gasteiger partial charge in [0.2, 0.25) is 0 Å². The highest BCUT2D eigenvalue weighted by Gasteiger charge is 2.08. The van der Waals surface area contributed by atoms with Gasteiger partial charge in [0.25, 0.3) is 5.91 Å². The van der Waals surface area contributed by atoms with Crippen molar-refractivity contribution in [3.8, 4) is 0 Å². The summed E-state index contributed by atoms with van der Waals surface area (Å²) in [6, 6.07) is 3.22. The molecule has 0 bridgehead atoms. The van der Waals surface area contributed by atoms with Gasteiger partial charge in [-0.3, -0.25) is 10.2 Å². The Kier molecular flexibility index (Phi) is 5.90. The number of hydrogen-bond acceptors (Lipinski definition) is 6. The molecule has 0 aliphatic heterocycles. The molecule has 1 atom stereocenters. The SMILES string of the molecule is CCC(C)NNC(=O)c1ccnc(NCS(C)(=O)=O)c1. The number of sulfone groups is 1. The zero-order chi connectivity index (χ0) is 15.2. The van der Waals surface area contributed by atoms with Gasteiger partial charge in [0, 0.05) is 24.1 Å². The normalized spacial score (nSPS) is 12.8. The summed E-state index contributed by atoms with van der Waals surface area (Å²) in [6.07, 6.45) is 3.45. The number of hydrazine groups is 1. The highest BCUT2D eigenvalue weighted by molar-refractivity contribution is 7.90. The summed E-state index contributed by atoms with van der Waals surface area (Å²) in [6.45, 7) is 3.95. The lowest BCUT2D eigenvalue weighted by Crippen LogP contribution is -2.42. The molecule has 0 spiro atoms. The molecule has 1 rings (SSSR count). The van der Waals surface area contributed by atoms with Crippen molar-refractivity contribution in [1.29, 1.82) is 0 Å². The molecule has 0 saturated carbocycles. The molecule has 3 N–H and O–H groups in total.